The van der Waals surface area contributed by atoms with Gasteiger partial charge >= 0.3 is 0 Å². The third-order valence-corrected chi connectivity index (χ3v) is 5.68. The van der Waals surface area contributed by atoms with Gasteiger partial charge in [0.2, 0.25) is 0 Å². The van der Waals surface area contributed by atoms with Crippen molar-refractivity contribution >= 4 is 17.1 Å². The van der Waals surface area contributed by atoms with E-state index in [1.807, 2.05) is 0 Å². The number of anilines is 3. The number of rotatable bonds is 5. The summed E-state index contributed by atoms with van der Waals surface area (Å²) in [5.74, 6) is 0. The molecule has 0 fully saturated rings. The zero-order valence-electron chi connectivity index (χ0n) is 18.1. The summed E-state index contributed by atoms with van der Waals surface area (Å²) in [6, 6.07) is 47.3. The first kappa shape index (κ1) is 19.8. The highest BCUT2D eigenvalue weighted by molar-refractivity contribution is 5.82. The minimum atomic E-state index is 1.14. The van der Waals surface area contributed by atoms with Crippen LogP contribution in [0, 0.1) is 6.92 Å². The van der Waals surface area contributed by atoms with Gasteiger partial charge in [-0.25, -0.2) is 0 Å². The van der Waals surface area contributed by atoms with Gasteiger partial charge < -0.3 is 4.90 Å². The molecule has 0 N–H and O–H groups in total. The van der Waals surface area contributed by atoms with Gasteiger partial charge in [0, 0.05) is 17.1 Å². The lowest BCUT2D eigenvalue weighted by Gasteiger charge is -2.27. The lowest BCUT2D eigenvalue weighted by Crippen LogP contribution is -2.10. The van der Waals surface area contributed by atoms with E-state index in [2.05, 4.69) is 145 Å². The van der Waals surface area contributed by atoms with E-state index in [9.17, 15) is 0 Å². The maximum atomic E-state index is 2.34. The molecule has 5 rings (SSSR count). The van der Waals surface area contributed by atoms with Crippen LogP contribution in [0.1, 0.15) is 5.56 Å². The molecule has 1 heteroatoms. The normalized spacial score (nSPS) is 10.7. The molecule has 0 aromatic heterocycles. The second kappa shape index (κ2) is 8.95. The number of hydrogen-bond donors (Lipinski definition) is 0. The molecule has 0 atom stereocenters. The SMILES string of the molecule is Cc1cccc(N(c2cccc(-c3ccccc3)c2)c2cccc(-c3ccccc3)c2)c1. The Morgan fingerprint density at radius 2 is 0.781 bits per heavy atom. The van der Waals surface area contributed by atoms with Crippen molar-refractivity contribution in [1.82, 2.24) is 0 Å². The molecule has 1 nitrogen and oxygen atoms in total. The third kappa shape index (κ3) is 4.19. The molecule has 0 spiro atoms. The summed E-state index contributed by atoms with van der Waals surface area (Å²) in [5, 5.41) is 0. The Bertz CT molecular complexity index is 1240. The highest BCUT2D eigenvalue weighted by Gasteiger charge is 2.14. The Labute approximate surface area is 190 Å². The summed E-state index contributed by atoms with van der Waals surface area (Å²) in [7, 11) is 0. The molecule has 5 aromatic rings. The summed E-state index contributed by atoms with van der Waals surface area (Å²) in [4.78, 5) is 2.34. The second-order valence-electron chi connectivity index (χ2n) is 8.01. The number of hydrogen-bond acceptors (Lipinski definition) is 1. The molecule has 0 aliphatic carbocycles. The van der Waals surface area contributed by atoms with Crippen LogP contribution in [0.4, 0.5) is 17.1 Å². The molecule has 0 unspecified atom stereocenters. The fraction of sp³-hybridized carbons (Fsp3) is 0.0323. The van der Waals surface area contributed by atoms with E-state index in [0.29, 0.717) is 0 Å². The van der Waals surface area contributed by atoms with Gasteiger partial charge in [-0.05, 0) is 71.1 Å². The first-order valence-electron chi connectivity index (χ1n) is 11.0. The zero-order valence-corrected chi connectivity index (χ0v) is 18.1. The van der Waals surface area contributed by atoms with E-state index < -0.39 is 0 Å². The molecule has 0 bridgehead atoms. The van der Waals surface area contributed by atoms with Crippen LogP contribution < -0.4 is 4.90 Å². The standard InChI is InChI=1S/C31H25N/c1-24-11-8-18-29(21-24)32(30-19-9-16-27(22-30)25-12-4-2-5-13-25)31-20-10-17-28(23-31)26-14-6-3-7-15-26/h2-23H,1H3. The molecule has 0 heterocycles. The molecular formula is C31H25N. The van der Waals surface area contributed by atoms with E-state index in [1.165, 1.54) is 27.8 Å². The van der Waals surface area contributed by atoms with Crippen molar-refractivity contribution in [2.24, 2.45) is 0 Å². The second-order valence-corrected chi connectivity index (χ2v) is 8.01. The highest BCUT2D eigenvalue weighted by atomic mass is 15.1. The summed E-state index contributed by atoms with van der Waals surface area (Å²) in [6.45, 7) is 2.14. The maximum absolute atomic E-state index is 2.34. The van der Waals surface area contributed by atoms with Crippen molar-refractivity contribution in [3.05, 3.63) is 139 Å². The van der Waals surface area contributed by atoms with E-state index in [1.54, 1.807) is 0 Å². The Morgan fingerprint density at radius 1 is 0.375 bits per heavy atom. The van der Waals surface area contributed by atoms with Gasteiger partial charge in [0.25, 0.3) is 0 Å². The molecule has 5 aromatic carbocycles. The minimum Gasteiger partial charge on any atom is -0.310 e. The quantitative estimate of drug-likeness (QED) is 0.279. The van der Waals surface area contributed by atoms with E-state index in [4.69, 9.17) is 0 Å². The Hall–Kier alpha value is -4.10. The monoisotopic (exact) mass is 411 g/mol. The average molecular weight is 412 g/mol. The predicted molar refractivity (Wildman–Crippen MR) is 137 cm³/mol. The van der Waals surface area contributed by atoms with Crippen LogP contribution in [0.3, 0.4) is 0 Å². The van der Waals surface area contributed by atoms with Crippen LogP contribution in [-0.2, 0) is 0 Å². The number of benzene rings is 5. The number of aryl methyl sites for hydroxylation is 1. The Morgan fingerprint density at radius 3 is 1.25 bits per heavy atom. The Balaban J connectivity index is 1.65. The van der Waals surface area contributed by atoms with Gasteiger partial charge in [-0.1, -0.05) is 97.1 Å². The van der Waals surface area contributed by atoms with Gasteiger partial charge in [-0.3, -0.25) is 0 Å². The minimum absolute atomic E-state index is 1.14. The van der Waals surface area contributed by atoms with Crippen molar-refractivity contribution < 1.29 is 0 Å². The van der Waals surface area contributed by atoms with Crippen molar-refractivity contribution in [1.29, 1.82) is 0 Å². The summed E-state index contributed by atoms with van der Waals surface area (Å²) in [6.07, 6.45) is 0. The van der Waals surface area contributed by atoms with Crippen molar-refractivity contribution in [3.63, 3.8) is 0 Å². The molecule has 0 radical (unpaired) electrons. The maximum Gasteiger partial charge on any atom is 0.0467 e. The van der Waals surface area contributed by atoms with Gasteiger partial charge in [0.1, 0.15) is 0 Å². The van der Waals surface area contributed by atoms with Crippen LogP contribution in [-0.4, -0.2) is 0 Å². The lowest BCUT2D eigenvalue weighted by molar-refractivity contribution is 1.27. The molecule has 0 aliphatic rings. The van der Waals surface area contributed by atoms with Crippen LogP contribution in [0.25, 0.3) is 22.3 Å². The van der Waals surface area contributed by atoms with E-state index >= 15 is 0 Å². The van der Waals surface area contributed by atoms with Crippen LogP contribution >= 0.6 is 0 Å². The summed E-state index contributed by atoms with van der Waals surface area (Å²) >= 11 is 0. The molecule has 154 valence electrons. The topological polar surface area (TPSA) is 3.24 Å². The zero-order chi connectivity index (χ0) is 21.8. The molecule has 0 amide bonds. The Kier molecular flexibility index (Phi) is 5.55. The molecule has 0 saturated heterocycles. The smallest absolute Gasteiger partial charge is 0.0467 e. The fourth-order valence-electron chi connectivity index (χ4n) is 4.12. The molecule has 0 aliphatic heterocycles. The van der Waals surface area contributed by atoms with Gasteiger partial charge in [0.15, 0.2) is 0 Å². The van der Waals surface area contributed by atoms with Crippen molar-refractivity contribution in [2.75, 3.05) is 4.90 Å². The molecule has 32 heavy (non-hydrogen) atoms. The van der Waals surface area contributed by atoms with Gasteiger partial charge in [-0.15, -0.1) is 0 Å². The van der Waals surface area contributed by atoms with Crippen LogP contribution in [0.15, 0.2) is 133 Å². The third-order valence-electron chi connectivity index (χ3n) is 5.68. The van der Waals surface area contributed by atoms with Crippen LogP contribution in [0.2, 0.25) is 0 Å². The lowest BCUT2D eigenvalue weighted by atomic mass is 10.0. The largest absolute Gasteiger partial charge is 0.310 e. The van der Waals surface area contributed by atoms with Crippen LogP contribution in [0.5, 0.6) is 0 Å². The van der Waals surface area contributed by atoms with E-state index in [0.717, 1.165) is 17.1 Å². The van der Waals surface area contributed by atoms with Gasteiger partial charge in [0.05, 0.1) is 0 Å². The fourth-order valence-corrected chi connectivity index (χ4v) is 4.12. The predicted octanol–water partition coefficient (Wildman–Crippen LogP) is 8.80. The number of nitrogens with zero attached hydrogens (tertiary/aromatic N) is 1. The highest BCUT2D eigenvalue weighted by Crippen LogP contribution is 2.38. The summed E-state index contributed by atoms with van der Waals surface area (Å²) < 4.78 is 0. The average Bonchev–Trinajstić information content (AvgIpc) is 2.86. The van der Waals surface area contributed by atoms with E-state index in [-0.39, 0.29) is 0 Å². The van der Waals surface area contributed by atoms with Gasteiger partial charge in [-0.2, -0.15) is 0 Å². The molecular weight excluding hydrogens is 386 g/mol. The summed E-state index contributed by atoms with van der Waals surface area (Å²) in [5.41, 5.74) is 9.53. The first-order valence-corrected chi connectivity index (χ1v) is 11.0. The van der Waals surface area contributed by atoms with Crippen molar-refractivity contribution in [2.45, 2.75) is 6.92 Å². The van der Waals surface area contributed by atoms with Crippen molar-refractivity contribution in [3.8, 4) is 22.3 Å². The molecule has 0 saturated carbocycles. The first-order chi connectivity index (χ1) is 15.8.